The van der Waals surface area contributed by atoms with Crippen LogP contribution in [-0.2, 0) is 21.2 Å². The molecule has 2 aromatic carbocycles. The first kappa shape index (κ1) is 20.9. The van der Waals surface area contributed by atoms with Crippen molar-refractivity contribution in [2.75, 3.05) is 18.5 Å². The molecule has 0 saturated carbocycles. The van der Waals surface area contributed by atoms with Crippen LogP contribution in [0.15, 0.2) is 47.4 Å². The van der Waals surface area contributed by atoms with Gasteiger partial charge in [-0.05, 0) is 61.2 Å². The topological polar surface area (TPSA) is 84.5 Å². The van der Waals surface area contributed by atoms with E-state index in [1.165, 1.54) is 17.7 Å². The van der Waals surface area contributed by atoms with Crippen molar-refractivity contribution >= 4 is 21.6 Å². The van der Waals surface area contributed by atoms with Crippen LogP contribution in [0.3, 0.4) is 0 Å². The summed E-state index contributed by atoms with van der Waals surface area (Å²) in [6.07, 6.45) is 1.66. The number of anilines is 1. The van der Waals surface area contributed by atoms with Crippen molar-refractivity contribution in [1.29, 1.82) is 0 Å². The summed E-state index contributed by atoms with van der Waals surface area (Å²) in [4.78, 5) is 12.2. The Labute approximate surface area is 161 Å². The normalized spacial score (nSPS) is 11.2. The number of benzene rings is 2. The molecule has 2 rings (SSSR count). The summed E-state index contributed by atoms with van der Waals surface area (Å²) in [6.45, 7) is 5.94. The number of carbonyl (C=O) groups is 1. The van der Waals surface area contributed by atoms with E-state index in [0.29, 0.717) is 23.5 Å². The van der Waals surface area contributed by atoms with Crippen molar-refractivity contribution < 1.29 is 17.9 Å². The van der Waals surface area contributed by atoms with Crippen molar-refractivity contribution in [2.24, 2.45) is 0 Å². The van der Waals surface area contributed by atoms with E-state index in [1.54, 1.807) is 13.0 Å². The average Bonchev–Trinajstić information content (AvgIpc) is 2.66. The highest BCUT2D eigenvalue weighted by Crippen LogP contribution is 2.22. The fraction of sp³-hybridized carbons (Fsp3) is 0.350. The Hall–Kier alpha value is -2.38. The number of rotatable bonds is 9. The Balaban J connectivity index is 1.96. The van der Waals surface area contributed by atoms with Crippen LogP contribution in [0.5, 0.6) is 5.75 Å². The lowest BCUT2D eigenvalue weighted by Gasteiger charge is -2.12. The largest absolute Gasteiger partial charge is 0.483 e. The van der Waals surface area contributed by atoms with Gasteiger partial charge in [0.1, 0.15) is 5.75 Å². The molecular weight excluding hydrogens is 364 g/mol. The van der Waals surface area contributed by atoms with Crippen LogP contribution in [0.2, 0.25) is 0 Å². The van der Waals surface area contributed by atoms with E-state index in [4.69, 9.17) is 4.74 Å². The van der Waals surface area contributed by atoms with Crippen molar-refractivity contribution in [3.8, 4) is 5.75 Å². The summed E-state index contributed by atoms with van der Waals surface area (Å²) in [5.74, 6) is 0.195. The maximum absolute atomic E-state index is 12.2. The van der Waals surface area contributed by atoms with Crippen LogP contribution in [0.1, 0.15) is 31.4 Å². The lowest BCUT2D eigenvalue weighted by Crippen LogP contribution is -2.24. The van der Waals surface area contributed by atoms with Crippen LogP contribution in [0.25, 0.3) is 0 Å². The summed E-state index contributed by atoms with van der Waals surface area (Å²) >= 11 is 0. The Morgan fingerprint density at radius 2 is 1.78 bits per heavy atom. The third-order valence-electron chi connectivity index (χ3n) is 4.00. The summed E-state index contributed by atoms with van der Waals surface area (Å²) in [6, 6.07) is 12.2. The number of hydrogen-bond donors (Lipinski definition) is 2. The lowest BCUT2D eigenvalue weighted by atomic mass is 10.1. The molecular formula is C20H26N2O4S. The van der Waals surface area contributed by atoms with Gasteiger partial charge in [0.05, 0.1) is 4.90 Å². The molecule has 0 aliphatic heterocycles. The molecule has 0 atom stereocenters. The molecule has 146 valence electrons. The lowest BCUT2D eigenvalue weighted by molar-refractivity contribution is -0.118. The molecule has 2 N–H and O–H groups in total. The Kier molecular flexibility index (Phi) is 7.38. The first-order valence-corrected chi connectivity index (χ1v) is 10.5. The number of nitrogens with one attached hydrogen (secondary N) is 2. The molecule has 1 amide bonds. The third-order valence-corrected chi connectivity index (χ3v) is 5.46. The summed E-state index contributed by atoms with van der Waals surface area (Å²) in [5.41, 5.74) is 2.55. The molecule has 0 radical (unpaired) electrons. The number of sulfonamides is 1. The molecule has 0 unspecified atom stereocenters. The van der Waals surface area contributed by atoms with Crippen molar-refractivity contribution in [1.82, 2.24) is 4.72 Å². The predicted octanol–water partition coefficient (Wildman–Crippen LogP) is 3.26. The Morgan fingerprint density at radius 3 is 2.37 bits per heavy atom. The summed E-state index contributed by atoms with van der Waals surface area (Å²) in [7, 11) is -3.52. The second-order valence-electron chi connectivity index (χ2n) is 6.21. The molecule has 0 bridgehead atoms. The molecule has 0 spiro atoms. The number of amides is 1. The van der Waals surface area contributed by atoms with Gasteiger partial charge >= 0.3 is 0 Å². The molecule has 0 aliphatic rings. The second kappa shape index (κ2) is 9.53. The zero-order valence-electron chi connectivity index (χ0n) is 15.9. The first-order chi connectivity index (χ1) is 12.9. The van der Waals surface area contributed by atoms with E-state index in [9.17, 15) is 13.2 Å². The summed E-state index contributed by atoms with van der Waals surface area (Å²) < 4.78 is 32.4. The van der Waals surface area contributed by atoms with Gasteiger partial charge in [-0.3, -0.25) is 4.79 Å². The fourth-order valence-electron chi connectivity index (χ4n) is 2.43. The fourth-order valence-corrected chi connectivity index (χ4v) is 3.65. The monoisotopic (exact) mass is 390 g/mol. The van der Waals surface area contributed by atoms with Crippen LogP contribution >= 0.6 is 0 Å². The van der Waals surface area contributed by atoms with Gasteiger partial charge in [0.2, 0.25) is 10.0 Å². The van der Waals surface area contributed by atoms with Gasteiger partial charge < -0.3 is 10.1 Å². The maximum atomic E-state index is 12.2. The Bertz CT molecular complexity index is 877. The van der Waals surface area contributed by atoms with E-state index in [-0.39, 0.29) is 17.4 Å². The van der Waals surface area contributed by atoms with Crippen LogP contribution in [0.4, 0.5) is 5.69 Å². The average molecular weight is 391 g/mol. The maximum Gasteiger partial charge on any atom is 0.262 e. The van der Waals surface area contributed by atoms with Gasteiger partial charge in [-0.25, -0.2) is 13.1 Å². The van der Waals surface area contributed by atoms with Gasteiger partial charge in [-0.1, -0.05) is 26.0 Å². The van der Waals surface area contributed by atoms with E-state index in [1.807, 2.05) is 31.2 Å². The molecule has 0 aliphatic carbocycles. The van der Waals surface area contributed by atoms with Gasteiger partial charge in [-0.15, -0.1) is 0 Å². The van der Waals surface area contributed by atoms with E-state index in [0.717, 1.165) is 12.8 Å². The van der Waals surface area contributed by atoms with Gasteiger partial charge in [0, 0.05) is 12.2 Å². The quantitative estimate of drug-likeness (QED) is 0.688. The minimum Gasteiger partial charge on any atom is -0.483 e. The zero-order valence-corrected chi connectivity index (χ0v) is 16.7. The van der Waals surface area contributed by atoms with Crippen LogP contribution in [-0.4, -0.2) is 27.5 Å². The van der Waals surface area contributed by atoms with E-state index >= 15 is 0 Å². The number of aryl methyl sites for hydroxylation is 2. The van der Waals surface area contributed by atoms with Crippen molar-refractivity contribution in [3.63, 3.8) is 0 Å². The molecule has 0 fully saturated rings. The predicted molar refractivity (Wildman–Crippen MR) is 107 cm³/mol. The number of carbonyl (C=O) groups excluding carboxylic acids is 1. The molecule has 0 saturated heterocycles. The van der Waals surface area contributed by atoms with Crippen LogP contribution in [0, 0.1) is 6.92 Å². The minimum absolute atomic E-state index is 0.156. The van der Waals surface area contributed by atoms with Gasteiger partial charge in [0.25, 0.3) is 5.91 Å². The highest BCUT2D eigenvalue weighted by Gasteiger charge is 2.15. The third kappa shape index (κ3) is 6.08. The molecule has 7 heteroatoms. The smallest absolute Gasteiger partial charge is 0.262 e. The number of hydrogen-bond acceptors (Lipinski definition) is 4. The van der Waals surface area contributed by atoms with Gasteiger partial charge in [0.15, 0.2) is 6.61 Å². The van der Waals surface area contributed by atoms with E-state index in [2.05, 4.69) is 17.0 Å². The van der Waals surface area contributed by atoms with Gasteiger partial charge in [-0.2, -0.15) is 0 Å². The standard InChI is InChI=1S/C20H26N2O4S/c1-4-12-21-27(24,25)18-10-11-19(15(3)13-18)26-14-20(23)22-17-8-6-16(5-2)7-9-17/h6-11,13,21H,4-5,12,14H2,1-3H3,(H,22,23). The first-order valence-electron chi connectivity index (χ1n) is 8.97. The Morgan fingerprint density at radius 1 is 1.07 bits per heavy atom. The van der Waals surface area contributed by atoms with E-state index < -0.39 is 10.0 Å². The van der Waals surface area contributed by atoms with Crippen molar-refractivity contribution in [3.05, 3.63) is 53.6 Å². The van der Waals surface area contributed by atoms with Crippen LogP contribution < -0.4 is 14.8 Å². The molecule has 0 aromatic heterocycles. The molecule has 6 nitrogen and oxygen atoms in total. The van der Waals surface area contributed by atoms with Crippen molar-refractivity contribution in [2.45, 2.75) is 38.5 Å². The second-order valence-corrected chi connectivity index (χ2v) is 7.98. The summed E-state index contributed by atoms with van der Waals surface area (Å²) in [5, 5.41) is 2.77. The minimum atomic E-state index is -3.52. The highest BCUT2D eigenvalue weighted by atomic mass is 32.2. The SMILES string of the molecule is CCCNS(=O)(=O)c1ccc(OCC(=O)Nc2ccc(CC)cc2)c(C)c1. The zero-order chi connectivity index (χ0) is 19.9. The molecule has 2 aromatic rings. The number of ether oxygens (including phenoxy) is 1. The molecule has 0 heterocycles. The molecule has 27 heavy (non-hydrogen) atoms. The highest BCUT2D eigenvalue weighted by molar-refractivity contribution is 7.89.